The molecule has 0 heterocycles. The van der Waals surface area contributed by atoms with E-state index >= 15 is 0 Å². The predicted octanol–water partition coefficient (Wildman–Crippen LogP) is 2.04. The number of carbonyl (C=O) groups excluding carboxylic acids is 1. The van der Waals surface area contributed by atoms with Crippen LogP contribution in [-0.2, 0) is 4.79 Å². The third-order valence-corrected chi connectivity index (χ3v) is 1.70. The summed E-state index contributed by atoms with van der Waals surface area (Å²) in [4.78, 5) is 10.4. The van der Waals surface area contributed by atoms with E-state index in [1.54, 1.807) is 0 Å². The molecule has 0 radical (unpaired) electrons. The molecular formula is C6H11ClO. The Balaban J connectivity index is 3.64. The third-order valence-electron chi connectivity index (χ3n) is 1.36. The van der Waals surface area contributed by atoms with Crippen molar-refractivity contribution in [1.82, 2.24) is 0 Å². The van der Waals surface area contributed by atoms with Gasteiger partial charge in [-0.3, -0.25) is 4.79 Å². The van der Waals surface area contributed by atoms with Crippen LogP contribution in [0.1, 0.15) is 20.8 Å². The van der Waals surface area contributed by atoms with Crippen LogP contribution in [0.3, 0.4) is 0 Å². The van der Waals surface area contributed by atoms with E-state index < -0.39 is 0 Å². The Labute approximate surface area is 55.0 Å². The van der Waals surface area contributed by atoms with Gasteiger partial charge in [0.15, 0.2) is 0 Å². The number of rotatable bonds is 2. The summed E-state index contributed by atoms with van der Waals surface area (Å²) < 4.78 is 0. The Bertz CT molecular complexity index is 88.5. The molecule has 2 heteroatoms. The van der Waals surface area contributed by atoms with Gasteiger partial charge in [0.25, 0.3) is 0 Å². The van der Waals surface area contributed by atoms with Gasteiger partial charge in [-0.25, -0.2) is 0 Å². The van der Waals surface area contributed by atoms with Crippen molar-refractivity contribution in [3.8, 4) is 0 Å². The number of carbonyl (C=O) groups is 1. The van der Waals surface area contributed by atoms with Crippen molar-refractivity contribution in [2.45, 2.75) is 20.8 Å². The zero-order chi connectivity index (χ0) is 6.73. The van der Waals surface area contributed by atoms with Gasteiger partial charge in [-0.05, 0) is 17.5 Å². The lowest BCUT2D eigenvalue weighted by molar-refractivity contribution is -0.115. The van der Waals surface area contributed by atoms with Crippen LogP contribution in [0.2, 0.25) is 0 Å². The highest BCUT2D eigenvalue weighted by molar-refractivity contribution is 6.63. The molecule has 0 amide bonds. The van der Waals surface area contributed by atoms with Crippen LogP contribution in [0.25, 0.3) is 0 Å². The fraction of sp³-hybridized carbons (Fsp3) is 0.833. The molecule has 8 heavy (non-hydrogen) atoms. The molecule has 0 rings (SSSR count). The van der Waals surface area contributed by atoms with Gasteiger partial charge in [0.2, 0.25) is 5.24 Å². The Morgan fingerprint density at radius 2 is 1.75 bits per heavy atom. The summed E-state index contributed by atoms with van der Waals surface area (Å²) in [5.74, 6) is 0.358. The van der Waals surface area contributed by atoms with Gasteiger partial charge < -0.3 is 0 Å². The fourth-order valence-electron chi connectivity index (χ4n) is 0.262. The Morgan fingerprint density at radius 3 is 1.75 bits per heavy atom. The van der Waals surface area contributed by atoms with Crippen molar-refractivity contribution in [1.29, 1.82) is 0 Å². The molecule has 0 aromatic carbocycles. The van der Waals surface area contributed by atoms with Gasteiger partial charge in [0, 0.05) is 5.92 Å². The van der Waals surface area contributed by atoms with E-state index in [2.05, 4.69) is 0 Å². The second kappa shape index (κ2) is 3.08. The highest BCUT2D eigenvalue weighted by atomic mass is 35.5. The van der Waals surface area contributed by atoms with Crippen LogP contribution in [-0.4, -0.2) is 5.24 Å². The van der Waals surface area contributed by atoms with E-state index in [4.69, 9.17) is 11.6 Å². The molecule has 0 aliphatic rings. The van der Waals surface area contributed by atoms with Crippen molar-refractivity contribution in [3.05, 3.63) is 0 Å². The van der Waals surface area contributed by atoms with Crippen molar-refractivity contribution < 1.29 is 4.79 Å². The number of hydrogen-bond donors (Lipinski definition) is 0. The SMILES string of the molecule is CC(C)C(C)C(=O)Cl. The monoisotopic (exact) mass is 134 g/mol. The molecule has 0 N–H and O–H groups in total. The molecule has 1 unspecified atom stereocenters. The van der Waals surface area contributed by atoms with Gasteiger partial charge in [0.05, 0.1) is 0 Å². The molecule has 0 aromatic heterocycles. The summed E-state index contributed by atoms with van der Waals surface area (Å²) in [6, 6.07) is 0. The smallest absolute Gasteiger partial charge is 0.224 e. The third kappa shape index (κ3) is 2.31. The molecule has 0 spiro atoms. The standard InChI is InChI=1S/C6H11ClO/c1-4(2)5(3)6(7)8/h4-5H,1-3H3. The normalized spacial score (nSPS) is 14.1. The summed E-state index contributed by atoms with van der Waals surface area (Å²) in [5.41, 5.74) is 0. The zero-order valence-corrected chi connectivity index (χ0v) is 6.20. The minimum atomic E-state index is -0.236. The average molecular weight is 135 g/mol. The first-order valence-electron chi connectivity index (χ1n) is 2.75. The molecule has 0 aliphatic heterocycles. The van der Waals surface area contributed by atoms with Crippen LogP contribution in [0, 0.1) is 11.8 Å². The van der Waals surface area contributed by atoms with Crippen LogP contribution >= 0.6 is 11.6 Å². The molecular weight excluding hydrogens is 124 g/mol. The van der Waals surface area contributed by atoms with Crippen molar-refractivity contribution in [2.75, 3.05) is 0 Å². The average Bonchev–Trinajstić information content (AvgIpc) is 1.64. The minimum absolute atomic E-state index is 0.00309. The van der Waals surface area contributed by atoms with E-state index in [0.717, 1.165) is 0 Å². The van der Waals surface area contributed by atoms with E-state index in [1.165, 1.54) is 0 Å². The summed E-state index contributed by atoms with van der Waals surface area (Å²) >= 11 is 5.18. The topological polar surface area (TPSA) is 17.1 Å². The predicted molar refractivity (Wildman–Crippen MR) is 34.9 cm³/mol. The Hall–Kier alpha value is -0.0400. The molecule has 1 nitrogen and oxygen atoms in total. The van der Waals surface area contributed by atoms with E-state index in [0.29, 0.717) is 5.92 Å². The molecule has 0 saturated carbocycles. The lowest BCUT2D eigenvalue weighted by Gasteiger charge is -2.07. The lowest BCUT2D eigenvalue weighted by Crippen LogP contribution is -2.10. The van der Waals surface area contributed by atoms with Crippen molar-refractivity contribution in [2.24, 2.45) is 11.8 Å². The van der Waals surface area contributed by atoms with Gasteiger partial charge >= 0.3 is 0 Å². The first-order chi connectivity index (χ1) is 3.55. The maximum absolute atomic E-state index is 10.4. The second-order valence-electron chi connectivity index (χ2n) is 2.34. The molecule has 0 aliphatic carbocycles. The summed E-state index contributed by atoms with van der Waals surface area (Å²) in [6.07, 6.45) is 0. The van der Waals surface area contributed by atoms with Gasteiger partial charge in [-0.15, -0.1) is 0 Å². The van der Waals surface area contributed by atoms with Crippen LogP contribution in [0.5, 0.6) is 0 Å². The summed E-state index contributed by atoms with van der Waals surface area (Å²) in [6.45, 7) is 5.79. The van der Waals surface area contributed by atoms with E-state index in [9.17, 15) is 4.79 Å². The number of hydrogen-bond acceptors (Lipinski definition) is 1. The summed E-state index contributed by atoms with van der Waals surface area (Å²) in [7, 11) is 0. The quantitative estimate of drug-likeness (QED) is 0.529. The molecule has 1 atom stereocenters. The molecule has 0 bridgehead atoms. The van der Waals surface area contributed by atoms with Gasteiger partial charge in [0.1, 0.15) is 0 Å². The number of halogens is 1. The Kier molecular flexibility index (Phi) is 3.06. The Morgan fingerprint density at radius 1 is 1.38 bits per heavy atom. The molecule has 0 fully saturated rings. The van der Waals surface area contributed by atoms with Crippen LogP contribution in [0.4, 0.5) is 0 Å². The minimum Gasteiger partial charge on any atom is -0.281 e. The zero-order valence-electron chi connectivity index (χ0n) is 5.44. The second-order valence-corrected chi connectivity index (χ2v) is 2.71. The van der Waals surface area contributed by atoms with E-state index in [1.807, 2.05) is 20.8 Å². The largest absolute Gasteiger partial charge is 0.281 e. The van der Waals surface area contributed by atoms with Gasteiger partial charge in [-0.1, -0.05) is 20.8 Å². The first-order valence-corrected chi connectivity index (χ1v) is 3.13. The maximum atomic E-state index is 10.4. The highest BCUT2D eigenvalue weighted by Gasteiger charge is 2.12. The van der Waals surface area contributed by atoms with E-state index in [-0.39, 0.29) is 11.2 Å². The molecule has 0 aromatic rings. The first kappa shape index (κ1) is 7.96. The van der Waals surface area contributed by atoms with Crippen molar-refractivity contribution in [3.63, 3.8) is 0 Å². The lowest BCUT2D eigenvalue weighted by atomic mass is 10.0. The maximum Gasteiger partial charge on any atom is 0.224 e. The molecule has 0 saturated heterocycles. The highest BCUT2D eigenvalue weighted by Crippen LogP contribution is 2.11. The van der Waals surface area contributed by atoms with Crippen LogP contribution < -0.4 is 0 Å². The van der Waals surface area contributed by atoms with Crippen LogP contribution in [0.15, 0.2) is 0 Å². The summed E-state index contributed by atoms with van der Waals surface area (Å²) in [5, 5.41) is -0.236. The van der Waals surface area contributed by atoms with Crippen molar-refractivity contribution >= 4 is 16.8 Å². The fourth-order valence-corrected chi connectivity index (χ4v) is 0.514. The molecule has 48 valence electrons. The van der Waals surface area contributed by atoms with Gasteiger partial charge in [-0.2, -0.15) is 0 Å².